The molecule has 0 bridgehead atoms. The number of aliphatic hydroxyl groups excluding tert-OH is 1. The third kappa shape index (κ3) is 2.48. The highest BCUT2D eigenvalue weighted by atomic mass is 16.3. The van der Waals surface area contributed by atoms with Crippen LogP contribution in [0.1, 0.15) is 38.4 Å². The van der Waals surface area contributed by atoms with E-state index in [9.17, 15) is 10.2 Å². The molecule has 0 fully saturated rings. The molecule has 0 aliphatic rings. The predicted molar refractivity (Wildman–Crippen MR) is 57.1 cm³/mol. The zero-order valence-electron chi connectivity index (χ0n) is 8.77. The van der Waals surface area contributed by atoms with Crippen LogP contribution in [0, 0.1) is 5.92 Å². The molecule has 78 valence electrons. The van der Waals surface area contributed by atoms with Crippen LogP contribution in [-0.4, -0.2) is 10.2 Å². The summed E-state index contributed by atoms with van der Waals surface area (Å²) in [5.41, 5.74) is 0.633. The molecular weight excluding hydrogens is 176 g/mol. The molecule has 1 rings (SSSR count). The Kier molecular flexibility index (Phi) is 3.96. The van der Waals surface area contributed by atoms with E-state index >= 15 is 0 Å². The molecule has 0 aromatic heterocycles. The van der Waals surface area contributed by atoms with E-state index in [0.29, 0.717) is 5.56 Å². The molecule has 0 aliphatic carbocycles. The van der Waals surface area contributed by atoms with E-state index in [1.165, 1.54) is 0 Å². The second-order valence-corrected chi connectivity index (χ2v) is 3.77. The summed E-state index contributed by atoms with van der Waals surface area (Å²) >= 11 is 0. The second kappa shape index (κ2) is 5.01. The molecule has 0 spiro atoms. The Morgan fingerprint density at radius 3 is 2.50 bits per heavy atom. The lowest BCUT2D eigenvalue weighted by atomic mass is 9.93. The molecule has 2 N–H and O–H groups in total. The fraction of sp³-hybridized carbons (Fsp3) is 0.500. The lowest BCUT2D eigenvalue weighted by Gasteiger charge is -2.19. The van der Waals surface area contributed by atoms with Gasteiger partial charge in [0.1, 0.15) is 5.75 Å². The number of para-hydroxylation sites is 1. The normalized spacial score (nSPS) is 15.1. The molecule has 1 aromatic rings. The molecule has 14 heavy (non-hydrogen) atoms. The Morgan fingerprint density at radius 2 is 1.93 bits per heavy atom. The maximum Gasteiger partial charge on any atom is 0.121 e. The number of hydrogen-bond donors (Lipinski definition) is 2. The summed E-state index contributed by atoms with van der Waals surface area (Å²) in [4.78, 5) is 0. The minimum Gasteiger partial charge on any atom is -0.508 e. The van der Waals surface area contributed by atoms with Gasteiger partial charge >= 0.3 is 0 Å². The van der Waals surface area contributed by atoms with E-state index in [-0.39, 0.29) is 11.7 Å². The van der Waals surface area contributed by atoms with Crippen molar-refractivity contribution in [2.45, 2.75) is 32.8 Å². The largest absolute Gasteiger partial charge is 0.508 e. The Balaban J connectivity index is 2.78. The zero-order valence-corrected chi connectivity index (χ0v) is 8.77. The van der Waals surface area contributed by atoms with Crippen molar-refractivity contribution in [2.75, 3.05) is 0 Å². The molecule has 2 atom stereocenters. The minimum atomic E-state index is -0.559. The molecule has 0 saturated carbocycles. The van der Waals surface area contributed by atoms with Crippen LogP contribution in [0.4, 0.5) is 0 Å². The van der Waals surface area contributed by atoms with Gasteiger partial charge in [-0.15, -0.1) is 0 Å². The first-order valence-corrected chi connectivity index (χ1v) is 5.12. The maximum atomic E-state index is 9.94. The highest BCUT2D eigenvalue weighted by Crippen LogP contribution is 2.30. The van der Waals surface area contributed by atoms with Crippen molar-refractivity contribution in [3.05, 3.63) is 29.8 Å². The molecule has 0 aliphatic heterocycles. The van der Waals surface area contributed by atoms with Crippen molar-refractivity contribution in [1.29, 1.82) is 0 Å². The van der Waals surface area contributed by atoms with E-state index in [1.54, 1.807) is 18.2 Å². The van der Waals surface area contributed by atoms with Gasteiger partial charge in [-0.2, -0.15) is 0 Å². The zero-order chi connectivity index (χ0) is 10.6. The highest BCUT2D eigenvalue weighted by molar-refractivity contribution is 5.33. The smallest absolute Gasteiger partial charge is 0.121 e. The summed E-state index contributed by atoms with van der Waals surface area (Å²) in [6.07, 6.45) is 1.46. The minimum absolute atomic E-state index is 0.183. The van der Waals surface area contributed by atoms with Gasteiger partial charge < -0.3 is 10.2 Å². The summed E-state index contributed by atoms with van der Waals surface area (Å²) in [6, 6.07) is 6.97. The average Bonchev–Trinajstić information content (AvgIpc) is 2.18. The Labute approximate surface area is 85.2 Å². The molecule has 0 radical (unpaired) electrons. The SMILES string of the molecule is CCCC(C)C(O)c1ccccc1O. The molecule has 2 unspecified atom stereocenters. The Bertz CT molecular complexity index is 283. The Morgan fingerprint density at radius 1 is 1.29 bits per heavy atom. The number of phenols is 1. The third-order valence-electron chi connectivity index (χ3n) is 2.54. The van der Waals surface area contributed by atoms with Crippen molar-refractivity contribution in [3.8, 4) is 5.75 Å². The van der Waals surface area contributed by atoms with E-state index in [4.69, 9.17) is 0 Å². The molecule has 2 heteroatoms. The van der Waals surface area contributed by atoms with Crippen molar-refractivity contribution < 1.29 is 10.2 Å². The van der Waals surface area contributed by atoms with Gasteiger partial charge in [0.05, 0.1) is 6.10 Å². The molecule has 0 amide bonds. The van der Waals surface area contributed by atoms with Crippen LogP contribution in [-0.2, 0) is 0 Å². The van der Waals surface area contributed by atoms with Crippen molar-refractivity contribution in [3.63, 3.8) is 0 Å². The maximum absolute atomic E-state index is 9.94. The van der Waals surface area contributed by atoms with E-state index in [1.807, 2.05) is 13.0 Å². The van der Waals surface area contributed by atoms with Gasteiger partial charge in [0.2, 0.25) is 0 Å². The molecule has 2 nitrogen and oxygen atoms in total. The summed E-state index contributed by atoms with van der Waals surface area (Å²) < 4.78 is 0. The number of aromatic hydroxyl groups is 1. The van der Waals surface area contributed by atoms with Crippen LogP contribution >= 0.6 is 0 Å². The van der Waals surface area contributed by atoms with Crippen LogP contribution in [0.5, 0.6) is 5.75 Å². The molecular formula is C12H18O2. The van der Waals surface area contributed by atoms with Gasteiger partial charge in [0.15, 0.2) is 0 Å². The highest BCUT2D eigenvalue weighted by Gasteiger charge is 2.17. The number of rotatable bonds is 4. The third-order valence-corrected chi connectivity index (χ3v) is 2.54. The van der Waals surface area contributed by atoms with Crippen LogP contribution in [0.25, 0.3) is 0 Å². The summed E-state index contributed by atoms with van der Waals surface area (Å²) in [5.74, 6) is 0.372. The molecule has 0 saturated heterocycles. The van der Waals surface area contributed by atoms with Gasteiger partial charge in [0.25, 0.3) is 0 Å². The first-order valence-electron chi connectivity index (χ1n) is 5.12. The van der Waals surface area contributed by atoms with Crippen molar-refractivity contribution in [2.24, 2.45) is 5.92 Å². The van der Waals surface area contributed by atoms with Crippen LogP contribution in [0.15, 0.2) is 24.3 Å². The number of phenolic OH excluding ortho intramolecular Hbond substituents is 1. The summed E-state index contributed by atoms with van der Waals surface area (Å²) in [5, 5.41) is 19.5. The average molecular weight is 194 g/mol. The lowest BCUT2D eigenvalue weighted by Crippen LogP contribution is -2.08. The van der Waals surface area contributed by atoms with Crippen molar-refractivity contribution in [1.82, 2.24) is 0 Å². The van der Waals surface area contributed by atoms with Gasteiger partial charge in [-0.25, -0.2) is 0 Å². The van der Waals surface area contributed by atoms with E-state index in [0.717, 1.165) is 12.8 Å². The van der Waals surface area contributed by atoms with Crippen LogP contribution in [0.2, 0.25) is 0 Å². The van der Waals surface area contributed by atoms with Crippen molar-refractivity contribution >= 4 is 0 Å². The van der Waals surface area contributed by atoms with Gasteiger partial charge in [-0.05, 0) is 18.4 Å². The summed E-state index contributed by atoms with van der Waals surface area (Å²) in [6.45, 7) is 4.09. The Hall–Kier alpha value is -1.02. The van der Waals surface area contributed by atoms with Gasteiger partial charge in [-0.3, -0.25) is 0 Å². The number of benzene rings is 1. The van der Waals surface area contributed by atoms with Gasteiger partial charge in [0, 0.05) is 5.56 Å². The molecule has 0 heterocycles. The van der Waals surface area contributed by atoms with Crippen LogP contribution in [0.3, 0.4) is 0 Å². The topological polar surface area (TPSA) is 40.5 Å². The standard InChI is InChI=1S/C12H18O2/c1-3-6-9(2)12(14)10-7-4-5-8-11(10)13/h4-5,7-9,12-14H,3,6H2,1-2H3. The number of aliphatic hydroxyl groups is 1. The predicted octanol–water partition coefficient (Wildman–Crippen LogP) is 2.86. The fourth-order valence-electron chi connectivity index (χ4n) is 1.66. The monoisotopic (exact) mass is 194 g/mol. The lowest BCUT2D eigenvalue weighted by molar-refractivity contribution is 0.109. The first-order chi connectivity index (χ1) is 6.66. The first kappa shape index (κ1) is 11.1. The number of hydrogen-bond acceptors (Lipinski definition) is 2. The fourth-order valence-corrected chi connectivity index (χ4v) is 1.66. The van der Waals surface area contributed by atoms with E-state index in [2.05, 4.69) is 6.92 Å². The van der Waals surface area contributed by atoms with E-state index < -0.39 is 6.10 Å². The summed E-state index contributed by atoms with van der Waals surface area (Å²) in [7, 11) is 0. The molecule has 1 aromatic carbocycles. The van der Waals surface area contributed by atoms with Crippen LogP contribution < -0.4 is 0 Å². The second-order valence-electron chi connectivity index (χ2n) is 3.77. The quantitative estimate of drug-likeness (QED) is 0.773. The van der Waals surface area contributed by atoms with Gasteiger partial charge in [-0.1, -0.05) is 38.5 Å².